The van der Waals surface area contributed by atoms with E-state index in [1.165, 1.54) is 0 Å². The molecule has 4 rings (SSSR count). The third-order valence-electron chi connectivity index (χ3n) is 5.01. The summed E-state index contributed by atoms with van der Waals surface area (Å²) in [6.45, 7) is 2.29. The Morgan fingerprint density at radius 3 is 2.29 bits per heavy atom. The lowest BCUT2D eigenvalue weighted by Gasteiger charge is -2.15. The SMILES string of the molecule is CC(Oc1ccc(-c2ccccc2)cc1)C(=O)NCCc1cnn(-c2ccccc2)c1. The van der Waals surface area contributed by atoms with Gasteiger partial charge in [0, 0.05) is 12.7 Å². The molecule has 0 aliphatic rings. The number of nitrogens with one attached hydrogen (secondary N) is 1. The Morgan fingerprint density at radius 1 is 0.935 bits per heavy atom. The maximum Gasteiger partial charge on any atom is 0.260 e. The highest BCUT2D eigenvalue weighted by molar-refractivity contribution is 5.80. The monoisotopic (exact) mass is 411 g/mol. The predicted molar refractivity (Wildman–Crippen MR) is 122 cm³/mol. The van der Waals surface area contributed by atoms with Crippen LogP contribution < -0.4 is 10.1 Å². The molecule has 31 heavy (non-hydrogen) atoms. The number of para-hydroxylation sites is 1. The van der Waals surface area contributed by atoms with Gasteiger partial charge in [0.05, 0.1) is 11.9 Å². The van der Waals surface area contributed by atoms with Crippen LogP contribution >= 0.6 is 0 Å². The lowest BCUT2D eigenvalue weighted by atomic mass is 10.1. The lowest BCUT2D eigenvalue weighted by molar-refractivity contribution is -0.127. The van der Waals surface area contributed by atoms with Gasteiger partial charge in [-0.1, -0.05) is 60.7 Å². The zero-order valence-electron chi connectivity index (χ0n) is 17.4. The minimum Gasteiger partial charge on any atom is -0.481 e. The van der Waals surface area contributed by atoms with Crippen molar-refractivity contribution < 1.29 is 9.53 Å². The van der Waals surface area contributed by atoms with E-state index in [1.807, 2.05) is 89.9 Å². The fraction of sp³-hybridized carbons (Fsp3) is 0.154. The number of ether oxygens (including phenoxy) is 1. The van der Waals surface area contributed by atoms with Crippen LogP contribution in [0.15, 0.2) is 97.3 Å². The summed E-state index contributed by atoms with van der Waals surface area (Å²) in [4.78, 5) is 12.4. The Bertz CT molecular complexity index is 1110. The summed E-state index contributed by atoms with van der Waals surface area (Å²) in [6.07, 6.45) is 3.94. The number of aromatic nitrogens is 2. The van der Waals surface area contributed by atoms with Gasteiger partial charge < -0.3 is 10.1 Å². The van der Waals surface area contributed by atoms with Gasteiger partial charge in [0.1, 0.15) is 5.75 Å². The van der Waals surface area contributed by atoms with E-state index < -0.39 is 6.10 Å². The van der Waals surface area contributed by atoms with E-state index in [2.05, 4.69) is 22.5 Å². The fourth-order valence-corrected chi connectivity index (χ4v) is 3.30. The highest BCUT2D eigenvalue weighted by atomic mass is 16.5. The Morgan fingerprint density at radius 2 is 1.58 bits per heavy atom. The Hall–Kier alpha value is -3.86. The molecule has 1 amide bonds. The van der Waals surface area contributed by atoms with E-state index in [9.17, 15) is 4.79 Å². The van der Waals surface area contributed by atoms with E-state index in [0.717, 1.165) is 22.4 Å². The van der Waals surface area contributed by atoms with E-state index >= 15 is 0 Å². The molecule has 4 aromatic rings. The molecule has 0 aliphatic heterocycles. The van der Waals surface area contributed by atoms with Crippen molar-refractivity contribution in [2.75, 3.05) is 6.54 Å². The van der Waals surface area contributed by atoms with Crippen molar-refractivity contribution in [3.63, 3.8) is 0 Å². The minimum absolute atomic E-state index is 0.136. The molecule has 156 valence electrons. The highest BCUT2D eigenvalue weighted by Crippen LogP contribution is 2.22. The molecule has 5 heteroatoms. The number of hydrogen-bond acceptors (Lipinski definition) is 3. The molecule has 0 saturated heterocycles. The smallest absolute Gasteiger partial charge is 0.260 e. The fourth-order valence-electron chi connectivity index (χ4n) is 3.30. The number of nitrogens with zero attached hydrogens (tertiary/aromatic N) is 2. The Kier molecular flexibility index (Phi) is 6.43. The van der Waals surface area contributed by atoms with Gasteiger partial charge in [-0.25, -0.2) is 4.68 Å². The largest absolute Gasteiger partial charge is 0.481 e. The molecular weight excluding hydrogens is 386 g/mol. The first-order valence-corrected chi connectivity index (χ1v) is 10.4. The van der Waals surface area contributed by atoms with Gasteiger partial charge in [-0.05, 0) is 54.3 Å². The maximum atomic E-state index is 12.4. The molecule has 0 saturated carbocycles. The second-order valence-corrected chi connectivity index (χ2v) is 7.32. The first kappa shape index (κ1) is 20.4. The van der Waals surface area contributed by atoms with Gasteiger partial charge in [0.2, 0.25) is 0 Å². The Balaban J connectivity index is 1.25. The zero-order chi connectivity index (χ0) is 21.5. The second kappa shape index (κ2) is 9.76. The third-order valence-corrected chi connectivity index (χ3v) is 5.01. The summed E-state index contributed by atoms with van der Waals surface area (Å²) >= 11 is 0. The molecular formula is C26H25N3O2. The van der Waals surface area contributed by atoms with E-state index in [4.69, 9.17) is 4.74 Å². The minimum atomic E-state index is -0.574. The van der Waals surface area contributed by atoms with Crippen LogP contribution in [0.3, 0.4) is 0 Å². The van der Waals surface area contributed by atoms with Crippen molar-refractivity contribution >= 4 is 5.91 Å². The number of rotatable bonds is 8. The van der Waals surface area contributed by atoms with Gasteiger partial charge in [-0.2, -0.15) is 5.10 Å². The summed E-state index contributed by atoms with van der Waals surface area (Å²) in [7, 11) is 0. The van der Waals surface area contributed by atoms with Crippen molar-refractivity contribution in [1.29, 1.82) is 0 Å². The Labute approximate surface area is 182 Å². The third kappa shape index (κ3) is 5.39. The molecule has 1 N–H and O–H groups in total. The second-order valence-electron chi connectivity index (χ2n) is 7.32. The van der Waals surface area contributed by atoms with Crippen LogP contribution in [0, 0.1) is 0 Å². The molecule has 0 aliphatic carbocycles. The van der Waals surface area contributed by atoms with Gasteiger partial charge in [-0.3, -0.25) is 4.79 Å². The van der Waals surface area contributed by atoms with Gasteiger partial charge in [-0.15, -0.1) is 0 Å². The number of hydrogen-bond donors (Lipinski definition) is 1. The van der Waals surface area contributed by atoms with Crippen LogP contribution in [0.2, 0.25) is 0 Å². The molecule has 3 aromatic carbocycles. The summed E-state index contributed by atoms with van der Waals surface area (Å²) in [5, 5.41) is 7.32. The average molecular weight is 412 g/mol. The standard InChI is InChI=1S/C26H25N3O2/c1-20(31-25-14-12-23(13-15-25)22-8-4-2-5-9-22)26(30)27-17-16-21-18-28-29(19-21)24-10-6-3-7-11-24/h2-15,18-20H,16-17H2,1H3,(H,27,30). The normalized spacial score (nSPS) is 11.6. The van der Waals surface area contributed by atoms with Crippen molar-refractivity contribution in [2.45, 2.75) is 19.4 Å². The van der Waals surface area contributed by atoms with Crippen molar-refractivity contribution in [3.8, 4) is 22.6 Å². The predicted octanol–water partition coefficient (Wildman–Crippen LogP) is 4.67. The topological polar surface area (TPSA) is 56.1 Å². The van der Waals surface area contributed by atoms with Crippen LogP contribution in [0.25, 0.3) is 16.8 Å². The van der Waals surface area contributed by atoms with Crippen molar-refractivity contribution in [1.82, 2.24) is 15.1 Å². The van der Waals surface area contributed by atoms with Gasteiger partial charge >= 0.3 is 0 Å². The van der Waals surface area contributed by atoms with Crippen LogP contribution in [0.5, 0.6) is 5.75 Å². The number of carbonyl (C=O) groups excluding carboxylic acids is 1. The van der Waals surface area contributed by atoms with Gasteiger partial charge in [0.15, 0.2) is 6.10 Å². The van der Waals surface area contributed by atoms with E-state index in [0.29, 0.717) is 18.7 Å². The number of amides is 1. The van der Waals surface area contributed by atoms with Crippen LogP contribution in [0.1, 0.15) is 12.5 Å². The number of benzene rings is 3. The molecule has 0 bridgehead atoms. The molecule has 0 fully saturated rings. The molecule has 1 atom stereocenters. The molecule has 0 radical (unpaired) electrons. The van der Waals surface area contributed by atoms with Crippen molar-refractivity contribution in [2.24, 2.45) is 0 Å². The van der Waals surface area contributed by atoms with E-state index in [-0.39, 0.29) is 5.91 Å². The number of carbonyl (C=O) groups is 1. The summed E-state index contributed by atoms with van der Waals surface area (Å²) in [5.74, 6) is 0.536. The summed E-state index contributed by atoms with van der Waals surface area (Å²) in [5.41, 5.74) is 4.34. The first-order chi connectivity index (χ1) is 15.2. The first-order valence-electron chi connectivity index (χ1n) is 10.4. The lowest BCUT2D eigenvalue weighted by Crippen LogP contribution is -2.37. The molecule has 0 spiro atoms. The van der Waals surface area contributed by atoms with E-state index in [1.54, 1.807) is 6.92 Å². The summed E-state index contributed by atoms with van der Waals surface area (Å²) in [6, 6.07) is 27.9. The van der Waals surface area contributed by atoms with Crippen molar-refractivity contribution in [3.05, 3.63) is 103 Å². The van der Waals surface area contributed by atoms with Crippen LogP contribution in [-0.4, -0.2) is 28.3 Å². The average Bonchev–Trinajstić information content (AvgIpc) is 3.29. The molecule has 1 heterocycles. The summed E-state index contributed by atoms with van der Waals surface area (Å²) < 4.78 is 7.64. The van der Waals surface area contributed by atoms with Crippen LogP contribution in [0.4, 0.5) is 0 Å². The maximum absolute atomic E-state index is 12.4. The quantitative estimate of drug-likeness (QED) is 0.459. The van der Waals surface area contributed by atoms with Gasteiger partial charge in [0.25, 0.3) is 5.91 Å². The molecule has 1 unspecified atom stereocenters. The van der Waals surface area contributed by atoms with Crippen LogP contribution in [-0.2, 0) is 11.2 Å². The molecule has 1 aromatic heterocycles. The highest BCUT2D eigenvalue weighted by Gasteiger charge is 2.14. The zero-order valence-corrected chi connectivity index (χ0v) is 17.4. The molecule has 5 nitrogen and oxygen atoms in total.